The van der Waals surface area contributed by atoms with E-state index in [1.54, 1.807) is 17.0 Å². The molecule has 3 amide bonds. The summed E-state index contributed by atoms with van der Waals surface area (Å²) in [4.78, 5) is 40.9. The van der Waals surface area contributed by atoms with E-state index in [0.717, 1.165) is 5.56 Å². The minimum absolute atomic E-state index is 0.0529. The van der Waals surface area contributed by atoms with Crippen LogP contribution in [0.15, 0.2) is 48.5 Å². The zero-order valence-corrected chi connectivity index (χ0v) is 18.9. The van der Waals surface area contributed by atoms with Crippen LogP contribution in [0.5, 0.6) is 0 Å². The molecule has 2 aliphatic heterocycles. The maximum Gasteiger partial charge on any atom is 0.414 e. The molecule has 10 heteroatoms. The zero-order chi connectivity index (χ0) is 24.1. The second kappa shape index (κ2) is 10.4. The normalized spacial score (nSPS) is 18.0. The number of benzene rings is 2. The highest BCUT2D eigenvalue weighted by molar-refractivity contribution is 5.90. The number of carbonyl (C=O) groups excluding carboxylic acids is 3. The Morgan fingerprint density at radius 2 is 1.85 bits per heavy atom. The van der Waals surface area contributed by atoms with Crippen molar-refractivity contribution in [1.82, 2.24) is 10.2 Å². The van der Waals surface area contributed by atoms with Crippen LogP contribution >= 0.6 is 0 Å². The Morgan fingerprint density at radius 1 is 1.12 bits per heavy atom. The molecule has 2 fully saturated rings. The van der Waals surface area contributed by atoms with Crippen molar-refractivity contribution in [2.45, 2.75) is 19.1 Å². The number of cyclic esters (lactones) is 1. The molecule has 0 aliphatic carbocycles. The summed E-state index contributed by atoms with van der Waals surface area (Å²) in [5.74, 6) is -0.704. The molecule has 0 spiro atoms. The Labute approximate surface area is 197 Å². The van der Waals surface area contributed by atoms with Gasteiger partial charge in [0, 0.05) is 33.2 Å². The quantitative estimate of drug-likeness (QED) is 0.698. The van der Waals surface area contributed by atoms with Crippen molar-refractivity contribution < 1.29 is 28.2 Å². The van der Waals surface area contributed by atoms with Crippen molar-refractivity contribution in [2.24, 2.45) is 0 Å². The summed E-state index contributed by atoms with van der Waals surface area (Å²) < 4.78 is 25.5. The van der Waals surface area contributed by atoms with Gasteiger partial charge in [-0.25, -0.2) is 14.0 Å². The molecule has 2 saturated heterocycles. The number of nitrogens with zero attached hydrogens (tertiary/aromatic N) is 3. The molecule has 9 nitrogen and oxygen atoms in total. The Bertz CT molecular complexity index is 1040. The molecule has 2 aromatic rings. The zero-order valence-electron chi connectivity index (χ0n) is 18.9. The second-order valence-corrected chi connectivity index (χ2v) is 8.14. The van der Waals surface area contributed by atoms with Gasteiger partial charge in [0.05, 0.1) is 24.3 Å². The highest BCUT2D eigenvalue weighted by Gasteiger charge is 2.34. The number of rotatable bonds is 6. The second-order valence-electron chi connectivity index (χ2n) is 8.14. The Hall–Kier alpha value is -3.82. The molecular formula is C24H27FN4O5. The van der Waals surface area contributed by atoms with Gasteiger partial charge in [-0.15, -0.1) is 0 Å². The number of ether oxygens (including phenoxy) is 2. The molecule has 1 N–H and O–H groups in total. The van der Waals surface area contributed by atoms with Crippen LogP contribution in [-0.4, -0.2) is 68.9 Å². The van der Waals surface area contributed by atoms with Crippen LogP contribution in [0.3, 0.4) is 0 Å². The third-order valence-corrected chi connectivity index (χ3v) is 5.89. The summed E-state index contributed by atoms with van der Waals surface area (Å²) in [7, 11) is 1.51. The lowest BCUT2D eigenvalue weighted by Crippen LogP contribution is -2.49. The van der Waals surface area contributed by atoms with Gasteiger partial charge < -0.3 is 24.6 Å². The number of piperazine rings is 1. The fourth-order valence-corrected chi connectivity index (χ4v) is 4.01. The first kappa shape index (κ1) is 23.3. The van der Waals surface area contributed by atoms with Crippen molar-refractivity contribution in [1.29, 1.82) is 0 Å². The third-order valence-electron chi connectivity index (χ3n) is 5.89. The molecule has 1 atom stereocenters. The van der Waals surface area contributed by atoms with E-state index < -0.39 is 24.1 Å². The van der Waals surface area contributed by atoms with E-state index >= 15 is 0 Å². The highest BCUT2D eigenvalue weighted by atomic mass is 19.1. The van der Waals surface area contributed by atoms with Gasteiger partial charge in [0.1, 0.15) is 18.5 Å². The van der Waals surface area contributed by atoms with Gasteiger partial charge in [-0.1, -0.05) is 30.3 Å². The van der Waals surface area contributed by atoms with E-state index in [1.807, 2.05) is 35.2 Å². The fourth-order valence-electron chi connectivity index (χ4n) is 4.01. The molecular weight excluding hydrogens is 443 g/mol. The first-order valence-corrected chi connectivity index (χ1v) is 11.1. The fraction of sp³-hybridized carbons (Fsp3) is 0.375. The standard InChI is InChI=1S/C24H27FN4O5/c1-26-22(30)14-19-15-29(24(32)34-19)18-7-8-21(20(25)13-18)27-9-11-28(12-10-27)23(31)33-16-17-5-3-2-4-6-17/h2-8,13,19H,9-12,14-16H2,1H3,(H,26,30). The maximum atomic E-state index is 15.0. The van der Waals surface area contributed by atoms with Gasteiger partial charge in [-0.3, -0.25) is 9.69 Å². The minimum Gasteiger partial charge on any atom is -0.445 e. The van der Waals surface area contributed by atoms with Gasteiger partial charge >= 0.3 is 12.2 Å². The Kier molecular flexibility index (Phi) is 7.15. The Morgan fingerprint density at radius 3 is 2.53 bits per heavy atom. The number of carbonyl (C=O) groups is 3. The first-order chi connectivity index (χ1) is 16.4. The van der Waals surface area contributed by atoms with Gasteiger partial charge in [0.2, 0.25) is 5.91 Å². The van der Waals surface area contributed by atoms with Crippen molar-refractivity contribution in [3.63, 3.8) is 0 Å². The molecule has 4 rings (SSSR count). The molecule has 0 aromatic heterocycles. The SMILES string of the molecule is CNC(=O)CC1CN(c2ccc(N3CCN(C(=O)OCc4ccccc4)CC3)c(F)c2)C(=O)O1. The van der Waals surface area contributed by atoms with E-state index in [4.69, 9.17) is 9.47 Å². The molecule has 2 aromatic carbocycles. The number of anilines is 2. The van der Waals surface area contributed by atoms with Crippen molar-refractivity contribution >= 4 is 29.5 Å². The maximum absolute atomic E-state index is 15.0. The predicted octanol–water partition coefficient (Wildman–Crippen LogP) is 2.75. The molecule has 2 aliphatic rings. The van der Waals surface area contributed by atoms with E-state index in [1.165, 1.54) is 18.0 Å². The smallest absolute Gasteiger partial charge is 0.414 e. The van der Waals surface area contributed by atoms with Gasteiger partial charge in [-0.2, -0.15) is 0 Å². The first-order valence-electron chi connectivity index (χ1n) is 11.1. The van der Waals surface area contributed by atoms with Crippen molar-refractivity contribution in [3.8, 4) is 0 Å². The van der Waals surface area contributed by atoms with Crippen LogP contribution in [0, 0.1) is 5.82 Å². The van der Waals surface area contributed by atoms with Crippen LogP contribution in [0.25, 0.3) is 0 Å². The minimum atomic E-state index is -0.608. The van der Waals surface area contributed by atoms with E-state index in [2.05, 4.69) is 5.32 Å². The third kappa shape index (κ3) is 5.38. The van der Waals surface area contributed by atoms with E-state index in [0.29, 0.717) is 37.6 Å². The van der Waals surface area contributed by atoms with Crippen LogP contribution in [0.2, 0.25) is 0 Å². The summed E-state index contributed by atoms with van der Waals surface area (Å²) >= 11 is 0. The number of hydrogen-bond acceptors (Lipinski definition) is 6. The van der Waals surface area contributed by atoms with Crippen LogP contribution < -0.4 is 15.1 Å². The molecule has 180 valence electrons. The average molecular weight is 471 g/mol. The largest absolute Gasteiger partial charge is 0.445 e. The lowest BCUT2D eigenvalue weighted by Gasteiger charge is -2.35. The Balaban J connectivity index is 1.31. The van der Waals surface area contributed by atoms with Gasteiger partial charge in [0.15, 0.2) is 0 Å². The number of hydrogen-bond donors (Lipinski definition) is 1. The summed E-state index contributed by atoms with van der Waals surface area (Å²) in [6.45, 7) is 2.11. The predicted molar refractivity (Wildman–Crippen MR) is 123 cm³/mol. The molecule has 1 unspecified atom stereocenters. The molecule has 2 heterocycles. The lowest BCUT2D eigenvalue weighted by molar-refractivity contribution is -0.122. The van der Waals surface area contributed by atoms with E-state index in [9.17, 15) is 18.8 Å². The molecule has 0 radical (unpaired) electrons. The number of halogens is 1. The number of nitrogens with one attached hydrogen (secondary N) is 1. The average Bonchev–Trinajstić information content (AvgIpc) is 3.22. The van der Waals surface area contributed by atoms with E-state index in [-0.39, 0.29) is 25.5 Å². The van der Waals surface area contributed by atoms with Crippen LogP contribution in [0.1, 0.15) is 12.0 Å². The van der Waals surface area contributed by atoms with Crippen LogP contribution in [-0.2, 0) is 20.9 Å². The summed E-state index contributed by atoms with van der Waals surface area (Å²) in [5, 5.41) is 2.49. The monoisotopic (exact) mass is 470 g/mol. The topological polar surface area (TPSA) is 91.4 Å². The van der Waals surface area contributed by atoms with Gasteiger partial charge in [0.25, 0.3) is 0 Å². The summed E-state index contributed by atoms with van der Waals surface area (Å²) in [6, 6.07) is 14.0. The number of amides is 3. The summed E-state index contributed by atoms with van der Waals surface area (Å²) in [5.41, 5.74) is 1.68. The summed E-state index contributed by atoms with van der Waals surface area (Å²) in [6.07, 6.45) is -1.52. The van der Waals surface area contributed by atoms with Crippen LogP contribution in [0.4, 0.5) is 25.4 Å². The van der Waals surface area contributed by atoms with Gasteiger partial charge in [-0.05, 0) is 23.8 Å². The molecule has 0 saturated carbocycles. The molecule has 0 bridgehead atoms. The van der Waals surface area contributed by atoms with Crippen molar-refractivity contribution in [3.05, 3.63) is 59.9 Å². The molecule has 34 heavy (non-hydrogen) atoms. The lowest BCUT2D eigenvalue weighted by atomic mass is 10.2. The van der Waals surface area contributed by atoms with Crippen molar-refractivity contribution in [2.75, 3.05) is 49.6 Å². The highest BCUT2D eigenvalue weighted by Crippen LogP contribution is 2.29.